The van der Waals surface area contributed by atoms with Crippen LogP contribution in [0.15, 0.2) is 36.4 Å². The molecule has 0 nitrogen and oxygen atoms in total. The Kier molecular flexibility index (Phi) is 27.8. The fourth-order valence-electron chi connectivity index (χ4n) is 7.84. The molecule has 49 heavy (non-hydrogen) atoms. The largest absolute Gasteiger partial charge is 0.0654 e. The highest BCUT2D eigenvalue weighted by atomic mass is 14.1. The molecule has 0 aliphatic heterocycles. The molecule has 0 aliphatic carbocycles. The summed E-state index contributed by atoms with van der Waals surface area (Å²) in [6.07, 6.45) is 45.2. The van der Waals surface area contributed by atoms with Crippen molar-refractivity contribution in [3.63, 3.8) is 0 Å². The molecule has 0 heterocycles. The Morgan fingerprint density at radius 2 is 0.408 bits per heavy atom. The van der Waals surface area contributed by atoms with Crippen molar-refractivity contribution in [2.45, 2.75) is 240 Å². The number of unbranched alkanes of at least 4 members (excludes halogenated alkanes) is 24. The Morgan fingerprint density at radius 1 is 0.224 bits per heavy atom. The first-order chi connectivity index (χ1) is 24.2. The zero-order chi connectivity index (χ0) is 35.0. The molecule has 0 atom stereocenters. The second-order valence-corrected chi connectivity index (χ2v) is 16.0. The van der Waals surface area contributed by atoms with Crippen LogP contribution in [0.2, 0.25) is 0 Å². The van der Waals surface area contributed by atoms with Crippen LogP contribution < -0.4 is 0 Å². The van der Waals surface area contributed by atoms with Gasteiger partial charge in [0.2, 0.25) is 0 Å². The highest BCUT2D eigenvalue weighted by Gasteiger charge is 2.08. The van der Waals surface area contributed by atoms with Gasteiger partial charge in [0.15, 0.2) is 0 Å². The van der Waals surface area contributed by atoms with Gasteiger partial charge in [-0.15, -0.1) is 0 Å². The molecule has 0 spiro atoms. The van der Waals surface area contributed by atoms with Crippen LogP contribution in [0.4, 0.5) is 0 Å². The molecule has 0 unspecified atom stereocenters. The summed E-state index contributed by atoms with van der Waals surface area (Å²) >= 11 is 0. The lowest BCUT2D eigenvalue weighted by Crippen LogP contribution is -1.99. The lowest BCUT2D eigenvalue weighted by molar-refractivity contribution is 0.587. The predicted octanol–water partition coefficient (Wildman–Crippen LogP) is 16.4. The smallest absolute Gasteiger partial charge is 0.00254 e. The van der Waals surface area contributed by atoms with Crippen LogP contribution in [0.1, 0.15) is 241 Å². The van der Waals surface area contributed by atoms with Gasteiger partial charge in [0.25, 0.3) is 0 Å². The molecular formula is C49H84. The molecule has 0 N–H and O–H groups in total. The summed E-state index contributed by atoms with van der Waals surface area (Å²) in [6.45, 7) is 9.28. The summed E-state index contributed by atoms with van der Waals surface area (Å²) in [5, 5.41) is 0. The molecule has 0 saturated carbocycles. The molecule has 2 rings (SSSR count). The third kappa shape index (κ3) is 23.5. The standard InChI is InChI=1S/C49H84/c1-5-9-13-17-21-25-29-33-44-37-45(34-30-26-22-18-14-10-6-2)40-48(39-44)43-49-41-46(35-31-27-23-19-15-11-7-3)38-47(42-49)36-32-28-24-20-16-12-8-4/h37-42H,5-36,43H2,1-4H3. The number of rotatable bonds is 34. The first-order valence-corrected chi connectivity index (χ1v) is 22.4. The minimum absolute atomic E-state index is 1.10. The van der Waals surface area contributed by atoms with E-state index in [1.807, 2.05) is 0 Å². The highest BCUT2D eigenvalue weighted by Crippen LogP contribution is 2.23. The van der Waals surface area contributed by atoms with Gasteiger partial charge < -0.3 is 0 Å². The summed E-state index contributed by atoms with van der Waals surface area (Å²) in [5.41, 5.74) is 9.54. The summed E-state index contributed by atoms with van der Waals surface area (Å²) in [4.78, 5) is 0. The summed E-state index contributed by atoms with van der Waals surface area (Å²) < 4.78 is 0. The normalized spacial score (nSPS) is 11.5. The molecule has 0 aromatic heterocycles. The van der Waals surface area contributed by atoms with Gasteiger partial charge in [-0.3, -0.25) is 0 Å². The van der Waals surface area contributed by atoms with Crippen molar-refractivity contribution < 1.29 is 0 Å². The molecule has 0 radical (unpaired) electrons. The predicted molar refractivity (Wildman–Crippen MR) is 222 cm³/mol. The third-order valence-electron chi connectivity index (χ3n) is 10.9. The number of aryl methyl sites for hydroxylation is 4. The second kappa shape index (κ2) is 31.2. The molecule has 0 aliphatic rings. The quantitative estimate of drug-likeness (QED) is 0.0649. The van der Waals surface area contributed by atoms with Crippen LogP contribution >= 0.6 is 0 Å². The molecule has 2 aromatic rings. The summed E-state index contributed by atoms with van der Waals surface area (Å²) in [5.74, 6) is 0. The topological polar surface area (TPSA) is 0 Å². The van der Waals surface area contributed by atoms with E-state index in [9.17, 15) is 0 Å². The van der Waals surface area contributed by atoms with Crippen molar-refractivity contribution in [1.82, 2.24) is 0 Å². The van der Waals surface area contributed by atoms with Gasteiger partial charge in [0.05, 0.1) is 0 Å². The Labute approximate surface area is 308 Å². The van der Waals surface area contributed by atoms with E-state index < -0.39 is 0 Å². The van der Waals surface area contributed by atoms with Gasteiger partial charge in [0.1, 0.15) is 0 Å². The maximum atomic E-state index is 2.59. The van der Waals surface area contributed by atoms with E-state index in [1.54, 1.807) is 33.4 Å². The number of hydrogen-bond acceptors (Lipinski definition) is 0. The minimum atomic E-state index is 1.10. The van der Waals surface area contributed by atoms with E-state index in [0.29, 0.717) is 0 Å². The molecule has 0 heteroatoms. The Bertz CT molecular complexity index is 861. The van der Waals surface area contributed by atoms with E-state index in [1.165, 1.54) is 205 Å². The van der Waals surface area contributed by atoms with E-state index in [4.69, 9.17) is 0 Å². The van der Waals surface area contributed by atoms with Crippen LogP contribution in [-0.4, -0.2) is 0 Å². The van der Waals surface area contributed by atoms with E-state index in [2.05, 4.69) is 64.1 Å². The average Bonchev–Trinajstić information content (AvgIpc) is 3.10. The van der Waals surface area contributed by atoms with Crippen molar-refractivity contribution in [2.24, 2.45) is 0 Å². The van der Waals surface area contributed by atoms with E-state index in [-0.39, 0.29) is 0 Å². The van der Waals surface area contributed by atoms with E-state index >= 15 is 0 Å². The van der Waals surface area contributed by atoms with Crippen LogP contribution in [-0.2, 0) is 32.1 Å². The van der Waals surface area contributed by atoms with Gasteiger partial charge in [-0.2, -0.15) is 0 Å². The van der Waals surface area contributed by atoms with Gasteiger partial charge in [-0.1, -0.05) is 218 Å². The van der Waals surface area contributed by atoms with Gasteiger partial charge in [-0.05, 0) is 91.2 Å². The fraction of sp³-hybridized carbons (Fsp3) is 0.755. The highest BCUT2D eigenvalue weighted by molar-refractivity contribution is 5.37. The maximum Gasteiger partial charge on any atom is -0.00254 e. The second-order valence-electron chi connectivity index (χ2n) is 16.0. The molecule has 0 amide bonds. The molecular weight excluding hydrogens is 589 g/mol. The lowest BCUT2D eigenvalue weighted by atomic mass is 9.92. The molecule has 2 aromatic carbocycles. The average molecular weight is 673 g/mol. The van der Waals surface area contributed by atoms with Crippen LogP contribution in [0.25, 0.3) is 0 Å². The van der Waals surface area contributed by atoms with Crippen molar-refractivity contribution in [3.8, 4) is 0 Å². The van der Waals surface area contributed by atoms with Crippen LogP contribution in [0, 0.1) is 0 Å². The Morgan fingerprint density at radius 3 is 0.633 bits per heavy atom. The van der Waals surface area contributed by atoms with Gasteiger partial charge in [-0.25, -0.2) is 0 Å². The fourth-order valence-corrected chi connectivity index (χ4v) is 7.84. The van der Waals surface area contributed by atoms with E-state index in [0.717, 1.165) is 6.42 Å². The monoisotopic (exact) mass is 673 g/mol. The van der Waals surface area contributed by atoms with Crippen molar-refractivity contribution in [3.05, 3.63) is 69.8 Å². The van der Waals surface area contributed by atoms with Gasteiger partial charge >= 0.3 is 0 Å². The maximum absolute atomic E-state index is 2.59. The summed E-state index contributed by atoms with van der Waals surface area (Å²) in [7, 11) is 0. The van der Waals surface area contributed by atoms with Crippen molar-refractivity contribution in [1.29, 1.82) is 0 Å². The zero-order valence-electron chi connectivity index (χ0n) is 33.8. The summed E-state index contributed by atoms with van der Waals surface area (Å²) in [6, 6.07) is 15.5. The molecule has 0 fully saturated rings. The lowest BCUT2D eigenvalue weighted by Gasteiger charge is -2.14. The van der Waals surface area contributed by atoms with Crippen LogP contribution in [0.5, 0.6) is 0 Å². The SMILES string of the molecule is CCCCCCCCCc1cc(CCCCCCCCC)cc(Cc2cc(CCCCCCCCC)cc(CCCCCCCCC)c2)c1. The first-order valence-electron chi connectivity index (χ1n) is 22.4. The molecule has 0 bridgehead atoms. The Balaban J connectivity index is 2.10. The first kappa shape index (κ1) is 43.6. The Hall–Kier alpha value is -1.56. The number of hydrogen-bond donors (Lipinski definition) is 0. The molecule has 0 saturated heterocycles. The van der Waals surface area contributed by atoms with Gasteiger partial charge in [0, 0.05) is 0 Å². The zero-order valence-corrected chi connectivity index (χ0v) is 33.8. The van der Waals surface area contributed by atoms with Crippen LogP contribution in [0.3, 0.4) is 0 Å². The molecule has 280 valence electrons. The van der Waals surface area contributed by atoms with Crippen molar-refractivity contribution in [2.75, 3.05) is 0 Å². The third-order valence-corrected chi connectivity index (χ3v) is 10.9. The number of benzene rings is 2. The minimum Gasteiger partial charge on any atom is -0.0654 e. The van der Waals surface area contributed by atoms with Crippen molar-refractivity contribution >= 4 is 0 Å².